The maximum atomic E-state index is 11.3. The van der Waals surface area contributed by atoms with Crippen LogP contribution in [0.1, 0.15) is 24.0 Å². The number of anilines is 2. The van der Waals surface area contributed by atoms with Gasteiger partial charge in [0.25, 0.3) is 0 Å². The third-order valence-electron chi connectivity index (χ3n) is 4.64. The van der Waals surface area contributed by atoms with Gasteiger partial charge in [-0.05, 0) is 55.0 Å². The summed E-state index contributed by atoms with van der Waals surface area (Å²) < 4.78 is 0. The van der Waals surface area contributed by atoms with E-state index in [1.165, 1.54) is 16.8 Å². The van der Waals surface area contributed by atoms with Crippen LogP contribution in [0, 0.1) is 4.91 Å². The number of benzene rings is 2. The van der Waals surface area contributed by atoms with Gasteiger partial charge in [0.05, 0.1) is 17.0 Å². The molecule has 1 heterocycles. The SMILES string of the molecule is CN(C)c1ccc(CCC2CCc3ccccc3N2N=O)cc1. The lowest BCUT2D eigenvalue weighted by Gasteiger charge is -2.32. The Kier molecular flexibility index (Phi) is 4.60. The molecular formula is C19H23N3O. The van der Waals surface area contributed by atoms with Gasteiger partial charge in [-0.2, -0.15) is 0 Å². The van der Waals surface area contributed by atoms with Gasteiger partial charge in [0, 0.05) is 19.8 Å². The molecular weight excluding hydrogens is 286 g/mol. The Morgan fingerprint density at radius 2 is 1.87 bits per heavy atom. The smallest absolute Gasteiger partial charge is 0.0661 e. The van der Waals surface area contributed by atoms with Crippen molar-refractivity contribution in [1.82, 2.24) is 0 Å². The molecule has 0 radical (unpaired) electrons. The molecule has 0 bridgehead atoms. The highest BCUT2D eigenvalue weighted by Crippen LogP contribution is 2.32. The Bertz CT molecular complexity index is 667. The van der Waals surface area contributed by atoms with Gasteiger partial charge in [-0.25, -0.2) is 5.01 Å². The van der Waals surface area contributed by atoms with E-state index in [4.69, 9.17) is 0 Å². The first kappa shape index (κ1) is 15.5. The van der Waals surface area contributed by atoms with Crippen LogP contribution >= 0.6 is 0 Å². The standard InChI is InChI=1S/C19H23N3O/c1-21(2)17-11-7-15(8-12-17)9-13-18-14-10-16-5-3-4-6-19(16)22(18)20-23/h3-8,11-12,18H,9-10,13-14H2,1-2H3. The number of nitroso groups, excluding NO2 is 1. The van der Waals surface area contributed by atoms with Crippen LogP contribution in [0.5, 0.6) is 0 Å². The Labute approximate surface area is 137 Å². The van der Waals surface area contributed by atoms with Gasteiger partial charge < -0.3 is 4.90 Å². The van der Waals surface area contributed by atoms with E-state index in [0.29, 0.717) is 0 Å². The molecule has 1 aliphatic rings. The highest BCUT2D eigenvalue weighted by atomic mass is 16.3. The highest BCUT2D eigenvalue weighted by molar-refractivity contribution is 5.55. The van der Waals surface area contributed by atoms with Crippen molar-refractivity contribution in [3.8, 4) is 0 Å². The number of nitrogens with zero attached hydrogens (tertiary/aromatic N) is 3. The van der Waals surface area contributed by atoms with E-state index < -0.39 is 0 Å². The van der Waals surface area contributed by atoms with Crippen molar-refractivity contribution in [1.29, 1.82) is 0 Å². The zero-order chi connectivity index (χ0) is 16.2. The van der Waals surface area contributed by atoms with Crippen molar-refractivity contribution in [3.05, 3.63) is 64.6 Å². The van der Waals surface area contributed by atoms with Gasteiger partial charge >= 0.3 is 0 Å². The van der Waals surface area contributed by atoms with Crippen molar-refractivity contribution < 1.29 is 0 Å². The van der Waals surface area contributed by atoms with Gasteiger partial charge in [0.15, 0.2) is 0 Å². The molecule has 1 unspecified atom stereocenters. The van der Waals surface area contributed by atoms with E-state index in [9.17, 15) is 4.91 Å². The topological polar surface area (TPSA) is 35.9 Å². The Balaban J connectivity index is 1.67. The fourth-order valence-corrected chi connectivity index (χ4v) is 3.26. The van der Waals surface area contributed by atoms with Crippen LogP contribution in [-0.4, -0.2) is 20.1 Å². The molecule has 0 saturated heterocycles. The first-order valence-electron chi connectivity index (χ1n) is 8.15. The molecule has 2 aromatic rings. The molecule has 3 rings (SSSR count). The second-order valence-electron chi connectivity index (χ2n) is 6.35. The summed E-state index contributed by atoms with van der Waals surface area (Å²) in [5, 5.41) is 4.97. The first-order chi connectivity index (χ1) is 11.2. The molecule has 1 aliphatic heterocycles. The number of hydrogen-bond donors (Lipinski definition) is 0. The van der Waals surface area contributed by atoms with Gasteiger partial charge in [-0.15, -0.1) is 4.91 Å². The minimum Gasteiger partial charge on any atom is -0.378 e. The van der Waals surface area contributed by atoms with Crippen LogP contribution in [-0.2, 0) is 12.8 Å². The summed E-state index contributed by atoms with van der Waals surface area (Å²) in [5.74, 6) is 0. The summed E-state index contributed by atoms with van der Waals surface area (Å²) in [6.45, 7) is 0. The normalized spacial score (nSPS) is 16.8. The largest absolute Gasteiger partial charge is 0.378 e. The minimum atomic E-state index is 0.191. The molecule has 0 aliphatic carbocycles. The molecule has 4 nitrogen and oxygen atoms in total. The van der Waals surface area contributed by atoms with Crippen LogP contribution < -0.4 is 9.91 Å². The molecule has 120 valence electrons. The number of fused-ring (bicyclic) bond motifs is 1. The van der Waals surface area contributed by atoms with Gasteiger partial charge in [0.1, 0.15) is 0 Å². The summed E-state index contributed by atoms with van der Waals surface area (Å²) in [7, 11) is 4.09. The van der Waals surface area contributed by atoms with E-state index in [0.717, 1.165) is 31.4 Å². The van der Waals surface area contributed by atoms with Gasteiger partial charge in [-0.1, -0.05) is 30.3 Å². The van der Waals surface area contributed by atoms with Crippen LogP contribution in [0.15, 0.2) is 53.8 Å². The minimum absolute atomic E-state index is 0.191. The zero-order valence-corrected chi connectivity index (χ0v) is 13.8. The van der Waals surface area contributed by atoms with Crippen molar-refractivity contribution in [2.24, 2.45) is 5.29 Å². The number of hydrogen-bond acceptors (Lipinski definition) is 3. The lowest BCUT2D eigenvalue weighted by atomic mass is 9.93. The quantitative estimate of drug-likeness (QED) is 0.777. The lowest BCUT2D eigenvalue weighted by Crippen LogP contribution is -2.35. The van der Waals surface area contributed by atoms with Crippen LogP contribution in [0.2, 0.25) is 0 Å². The summed E-state index contributed by atoms with van der Waals surface area (Å²) in [5.41, 5.74) is 4.71. The maximum Gasteiger partial charge on any atom is 0.0661 e. The van der Waals surface area contributed by atoms with E-state index in [1.54, 1.807) is 5.01 Å². The molecule has 0 fully saturated rings. The second-order valence-corrected chi connectivity index (χ2v) is 6.35. The second kappa shape index (κ2) is 6.82. The predicted octanol–water partition coefficient (Wildman–Crippen LogP) is 4.19. The summed E-state index contributed by atoms with van der Waals surface area (Å²) >= 11 is 0. The Morgan fingerprint density at radius 1 is 1.13 bits per heavy atom. The molecule has 1 atom stereocenters. The van der Waals surface area contributed by atoms with Gasteiger partial charge in [-0.3, -0.25) is 0 Å². The lowest BCUT2D eigenvalue weighted by molar-refractivity contribution is 0.502. The number of rotatable bonds is 5. The highest BCUT2D eigenvalue weighted by Gasteiger charge is 2.26. The average Bonchev–Trinajstić information content (AvgIpc) is 2.59. The monoisotopic (exact) mass is 309 g/mol. The van der Waals surface area contributed by atoms with Crippen molar-refractivity contribution in [2.45, 2.75) is 31.7 Å². The van der Waals surface area contributed by atoms with E-state index in [-0.39, 0.29) is 6.04 Å². The Hall–Kier alpha value is -2.36. The third-order valence-corrected chi connectivity index (χ3v) is 4.64. The van der Waals surface area contributed by atoms with Crippen molar-refractivity contribution in [3.63, 3.8) is 0 Å². The molecule has 0 amide bonds. The molecule has 2 aromatic carbocycles. The first-order valence-corrected chi connectivity index (χ1v) is 8.15. The maximum absolute atomic E-state index is 11.3. The summed E-state index contributed by atoms with van der Waals surface area (Å²) in [6.07, 6.45) is 3.92. The van der Waals surface area contributed by atoms with Crippen molar-refractivity contribution >= 4 is 11.4 Å². The van der Waals surface area contributed by atoms with E-state index in [2.05, 4.69) is 40.5 Å². The van der Waals surface area contributed by atoms with E-state index in [1.807, 2.05) is 32.3 Å². The average molecular weight is 309 g/mol. The summed E-state index contributed by atoms with van der Waals surface area (Å²) in [4.78, 5) is 13.4. The summed E-state index contributed by atoms with van der Waals surface area (Å²) in [6, 6.07) is 16.9. The molecule has 0 aromatic heterocycles. The molecule has 23 heavy (non-hydrogen) atoms. The fraction of sp³-hybridized carbons (Fsp3) is 0.368. The van der Waals surface area contributed by atoms with Crippen LogP contribution in [0.3, 0.4) is 0 Å². The molecule has 0 saturated carbocycles. The third kappa shape index (κ3) is 3.36. The number of aryl methyl sites for hydroxylation is 2. The Morgan fingerprint density at radius 3 is 2.57 bits per heavy atom. The van der Waals surface area contributed by atoms with Crippen LogP contribution in [0.4, 0.5) is 11.4 Å². The predicted molar refractivity (Wildman–Crippen MR) is 95.9 cm³/mol. The fourth-order valence-electron chi connectivity index (χ4n) is 3.26. The van der Waals surface area contributed by atoms with Gasteiger partial charge in [0.2, 0.25) is 0 Å². The molecule has 0 N–H and O–H groups in total. The zero-order valence-electron chi connectivity index (χ0n) is 13.8. The van der Waals surface area contributed by atoms with Crippen molar-refractivity contribution in [2.75, 3.05) is 24.0 Å². The number of para-hydroxylation sites is 1. The molecule has 0 spiro atoms. The van der Waals surface area contributed by atoms with E-state index >= 15 is 0 Å². The van der Waals surface area contributed by atoms with Crippen LogP contribution in [0.25, 0.3) is 0 Å². The molecule has 4 heteroatoms.